The highest BCUT2D eigenvalue weighted by Crippen LogP contribution is 2.29. The Hall–Kier alpha value is -3.78. The summed E-state index contributed by atoms with van der Waals surface area (Å²) in [5.74, 6) is 0. The first kappa shape index (κ1) is 18.3. The number of ether oxygens (including phenoxy) is 1. The fourth-order valence-electron chi connectivity index (χ4n) is 3.73. The van der Waals surface area contributed by atoms with Crippen molar-refractivity contribution in [1.82, 2.24) is 29.1 Å². The molecular weight excluding hydrogens is 380 g/mol. The highest BCUT2D eigenvalue weighted by molar-refractivity contribution is 5.86. The van der Waals surface area contributed by atoms with Crippen molar-refractivity contribution in [3.05, 3.63) is 83.1 Å². The molecule has 8 nitrogen and oxygen atoms in total. The second kappa shape index (κ2) is 7.57. The van der Waals surface area contributed by atoms with Crippen LogP contribution in [-0.4, -0.2) is 36.2 Å². The number of rotatable bonds is 6. The number of aryl methyl sites for hydroxylation is 2. The lowest BCUT2D eigenvalue weighted by Crippen LogP contribution is -2.21. The number of aromatic nitrogens is 6. The van der Waals surface area contributed by atoms with Gasteiger partial charge >= 0.3 is 0 Å². The van der Waals surface area contributed by atoms with Gasteiger partial charge in [0.25, 0.3) is 5.56 Å². The number of pyridine rings is 1. The first-order valence-corrected chi connectivity index (χ1v) is 9.67. The number of benzene rings is 1. The topological polar surface area (TPSA) is 90.1 Å². The van der Waals surface area contributed by atoms with E-state index in [1.807, 2.05) is 36.4 Å². The van der Waals surface area contributed by atoms with Crippen LogP contribution in [0.5, 0.6) is 0 Å². The van der Waals surface area contributed by atoms with Gasteiger partial charge in [-0.2, -0.15) is 5.10 Å². The fraction of sp³-hybridized carbons (Fsp3) is 0.182. The van der Waals surface area contributed by atoms with Crippen molar-refractivity contribution in [3.63, 3.8) is 0 Å². The van der Waals surface area contributed by atoms with Gasteiger partial charge in [-0.3, -0.25) is 4.79 Å². The van der Waals surface area contributed by atoms with Gasteiger partial charge in [0.2, 0.25) is 0 Å². The van der Waals surface area contributed by atoms with Crippen molar-refractivity contribution >= 4 is 16.6 Å². The Bertz CT molecular complexity index is 1370. The number of fused-ring (bicyclic) bond motifs is 3. The van der Waals surface area contributed by atoms with Crippen LogP contribution in [0.25, 0.3) is 27.7 Å². The Morgan fingerprint density at radius 1 is 1.13 bits per heavy atom. The van der Waals surface area contributed by atoms with Crippen molar-refractivity contribution in [2.24, 2.45) is 0 Å². The Balaban J connectivity index is 1.65. The van der Waals surface area contributed by atoms with E-state index in [0.717, 1.165) is 28.0 Å². The van der Waals surface area contributed by atoms with Gasteiger partial charge in [-0.15, -0.1) is 0 Å². The number of H-pyrrole nitrogens is 1. The average Bonchev–Trinajstić information content (AvgIpc) is 3.42. The summed E-state index contributed by atoms with van der Waals surface area (Å²) < 4.78 is 8.80. The summed E-state index contributed by atoms with van der Waals surface area (Å²) in [6.45, 7) is 0.911. The van der Waals surface area contributed by atoms with Crippen LogP contribution in [0, 0.1) is 0 Å². The van der Waals surface area contributed by atoms with E-state index in [9.17, 15) is 4.79 Å². The number of imidazole rings is 1. The minimum Gasteiger partial charge on any atom is -0.378 e. The molecule has 0 spiro atoms. The second-order valence-electron chi connectivity index (χ2n) is 7.05. The predicted octanol–water partition coefficient (Wildman–Crippen LogP) is 2.82. The maximum Gasteiger partial charge on any atom is 0.261 e. The number of hydrogen-bond acceptors (Lipinski definition) is 5. The van der Waals surface area contributed by atoms with E-state index in [4.69, 9.17) is 9.84 Å². The van der Waals surface area contributed by atoms with Gasteiger partial charge in [-0.05, 0) is 11.6 Å². The lowest BCUT2D eigenvalue weighted by molar-refractivity contribution is 0.181. The molecule has 8 heteroatoms. The van der Waals surface area contributed by atoms with E-state index >= 15 is 0 Å². The van der Waals surface area contributed by atoms with Crippen molar-refractivity contribution in [3.8, 4) is 11.1 Å². The molecule has 0 bridgehead atoms. The van der Waals surface area contributed by atoms with E-state index in [1.165, 1.54) is 0 Å². The Labute approximate surface area is 171 Å². The molecule has 1 N–H and O–H groups in total. The van der Waals surface area contributed by atoms with Crippen molar-refractivity contribution < 1.29 is 4.74 Å². The van der Waals surface area contributed by atoms with Crippen LogP contribution in [-0.2, 0) is 24.3 Å². The van der Waals surface area contributed by atoms with Gasteiger partial charge in [0.05, 0.1) is 35.1 Å². The zero-order chi connectivity index (χ0) is 20.5. The summed E-state index contributed by atoms with van der Waals surface area (Å²) in [5, 5.41) is 5.26. The Morgan fingerprint density at radius 3 is 2.77 bits per heavy atom. The number of hydrogen-bond donors (Lipinski definition) is 1. The first-order valence-electron chi connectivity index (χ1n) is 9.67. The van der Waals surface area contributed by atoms with Gasteiger partial charge in [-0.1, -0.05) is 30.3 Å². The monoisotopic (exact) mass is 400 g/mol. The predicted molar refractivity (Wildman–Crippen MR) is 113 cm³/mol. The molecule has 0 fully saturated rings. The maximum absolute atomic E-state index is 13.1. The number of nitrogens with one attached hydrogen (secondary N) is 1. The van der Waals surface area contributed by atoms with Crippen LogP contribution in [0.3, 0.4) is 0 Å². The van der Waals surface area contributed by atoms with Crippen LogP contribution in [0.4, 0.5) is 0 Å². The molecule has 0 saturated carbocycles. The normalized spacial score (nSPS) is 11.5. The van der Waals surface area contributed by atoms with Crippen LogP contribution in [0.2, 0.25) is 0 Å². The van der Waals surface area contributed by atoms with Gasteiger partial charge in [-0.25, -0.2) is 14.5 Å². The van der Waals surface area contributed by atoms with E-state index in [0.29, 0.717) is 30.6 Å². The van der Waals surface area contributed by atoms with E-state index in [1.54, 1.807) is 41.1 Å². The lowest BCUT2D eigenvalue weighted by Gasteiger charge is -2.07. The Morgan fingerprint density at radius 2 is 2.00 bits per heavy atom. The van der Waals surface area contributed by atoms with Crippen LogP contribution in [0.15, 0.2) is 66.1 Å². The Kier molecular flexibility index (Phi) is 4.61. The van der Waals surface area contributed by atoms with E-state index < -0.39 is 0 Å². The summed E-state index contributed by atoms with van der Waals surface area (Å²) in [6.07, 6.45) is 7.55. The molecule has 0 saturated heterocycles. The molecule has 0 atom stereocenters. The zero-order valence-corrected chi connectivity index (χ0v) is 16.4. The lowest BCUT2D eigenvalue weighted by atomic mass is 10.1. The smallest absolute Gasteiger partial charge is 0.261 e. The molecule has 0 radical (unpaired) electrons. The molecule has 30 heavy (non-hydrogen) atoms. The van der Waals surface area contributed by atoms with E-state index in [2.05, 4.69) is 15.0 Å². The zero-order valence-electron chi connectivity index (χ0n) is 16.4. The van der Waals surface area contributed by atoms with Crippen LogP contribution >= 0.6 is 0 Å². The first-order chi connectivity index (χ1) is 14.8. The third-order valence-corrected chi connectivity index (χ3v) is 5.18. The third-order valence-electron chi connectivity index (χ3n) is 5.18. The van der Waals surface area contributed by atoms with Crippen molar-refractivity contribution in [1.29, 1.82) is 0 Å². The van der Waals surface area contributed by atoms with E-state index in [-0.39, 0.29) is 5.56 Å². The number of methoxy groups -OCH3 is 1. The number of aromatic amines is 1. The summed E-state index contributed by atoms with van der Waals surface area (Å²) in [4.78, 5) is 24.7. The SMILES string of the molecule is COCc1nn2c(ncc3c(=O)n(CCc4cnc[nH]4)ccc32)c1-c1ccccc1. The number of nitrogens with zero attached hydrogens (tertiary/aromatic N) is 5. The molecule has 5 rings (SSSR count). The molecule has 1 aromatic carbocycles. The molecule has 0 aliphatic heterocycles. The second-order valence-corrected chi connectivity index (χ2v) is 7.05. The summed E-state index contributed by atoms with van der Waals surface area (Å²) in [7, 11) is 1.64. The van der Waals surface area contributed by atoms with Gasteiger partial charge < -0.3 is 14.3 Å². The molecule has 5 aromatic rings. The van der Waals surface area contributed by atoms with Crippen LogP contribution < -0.4 is 5.56 Å². The van der Waals surface area contributed by atoms with Crippen LogP contribution in [0.1, 0.15) is 11.4 Å². The maximum atomic E-state index is 13.1. The molecule has 4 heterocycles. The van der Waals surface area contributed by atoms with Crippen molar-refractivity contribution in [2.75, 3.05) is 7.11 Å². The molecular formula is C22H20N6O2. The minimum atomic E-state index is -0.0912. The van der Waals surface area contributed by atoms with Gasteiger partial charge in [0.1, 0.15) is 0 Å². The fourth-order valence-corrected chi connectivity index (χ4v) is 3.73. The quantitative estimate of drug-likeness (QED) is 0.473. The molecule has 0 unspecified atom stereocenters. The minimum absolute atomic E-state index is 0.0912. The summed E-state index contributed by atoms with van der Waals surface area (Å²) in [6, 6.07) is 11.9. The van der Waals surface area contributed by atoms with Gasteiger partial charge in [0.15, 0.2) is 5.65 Å². The summed E-state index contributed by atoms with van der Waals surface area (Å²) >= 11 is 0. The largest absolute Gasteiger partial charge is 0.378 e. The standard InChI is InChI=1S/C22H20N6O2/c1-30-13-18-20(15-5-3-2-4-6-15)21-24-12-17-19(28(21)26-18)8-10-27(22(17)29)9-7-16-11-23-14-25-16/h2-6,8,10-12,14H,7,9,13H2,1H3,(H,23,25). The highest BCUT2D eigenvalue weighted by atomic mass is 16.5. The molecule has 0 aliphatic carbocycles. The molecule has 150 valence electrons. The highest BCUT2D eigenvalue weighted by Gasteiger charge is 2.18. The van der Waals surface area contributed by atoms with Crippen molar-refractivity contribution in [2.45, 2.75) is 19.6 Å². The molecule has 4 aromatic heterocycles. The molecule has 0 aliphatic rings. The van der Waals surface area contributed by atoms with Gasteiger partial charge in [0, 0.05) is 44.4 Å². The average molecular weight is 400 g/mol. The summed E-state index contributed by atoms with van der Waals surface area (Å²) in [5.41, 5.74) is 5.04. The molecule has 0 amide bonds. The third kappa shape index (κ3) is 3.07.